The fourth-order valence-electron chi connectivity index (χ4n) is 2.68. The molecule has 1 aromatic rings. The highest BCUT2D eigenvalue weighted by atomic mass is 16.2. The summed E-state index contributed by atoms with van der Waals surface area (Å²) >= 11 is 0. The predicted octanol–water partition coefficient (Wildman–Crippen LogP) is 0.400. The first-order valence-corrected chi connectivity index (χ1v) is 7.28. The quantitative estimate of drug-likeness (QED) is 0.765. The molecule has 0 radical (unpaired) electrons. The van der Waals surface area contributed by atoms with Crippen molar-refractivity contribution in [2.75, 3.05) is 13.1 Å². The van der Waals surface area contributed by atoms with Crippen molar-refractivity contribution >= 4 is 11.8 Å². The van der Waals surface area contributed by atoms with Crippen molar-refractivity contribution in [1.29, 1.82) is 0 Å². The molecular formula is C14H20N4O2. The Morgan fingerprint density at radius 3 is 3.00 bits per heavy atom. The predicted molar refractivity (Wildman–Crippen MR) is 72.7 cm³/mol. The lowest BCUT2D eigenvalue weighted by atomic mass is 10.1. The van der Waals surface area contributed by atoms with Crippen LogP contribution in [0, 0.1) is 5.92 Å². The molecule has 108 valence electrons. The molecule has 1 aliphatic carbocycles. The van der Waals surface area contributed by atoms with E-state index in [-0.39, 0.29) is 17.7 Å². The number of amides is 2. The summed E-state index contributed by atoms with van der Waals surface area (Å²) in [5.41, 5.74) is 0. The van der Waals surface area contributed by atoms with Crippen LogP contribution in [0.4, 0.5) is 0 Å². The van der Waals surface area contributed by atoms with Crippen molar-refractivity contribution in [2.45, 2.75) is 38.3 Å². The molecule has 1 N–H and O–H groups in total. The average molecular weight is 276 g/mol. The van der Waals surface area contributed by atoms with Crippen molar-refractivity contribution < 1.29 is 9.59 Å². The Labute approximate surface area is 118 Å². The number of nitrogens with one attached hydrogen (secondary N) is 1. The fourth-order valence-corrected chi connectivity index (χ4v) is 2.68. The van der Waals surface area contributed by atoms with Gasteiger partial charge in [0.2, 0.25) is 11.8 Å². The Kier molecular flexibility index (Phi) is 3.71. The summed E-state index contributed by atoms with van der Waals surface area (Å²) in [4.78, 5) is 25.7. The van der Waals surface area contributed by atoms with Crippen LogP contribution in [-0.2, 0) is 16.1 Å². The van der Waals surface area contributed by atoms with E-state index in [4.69, 9.17) is 0 Å². The molecule has 0 unspecified atom stereocenters. The normalized spacial score (nSPS) is 22.3. The molecule has 1 atom stereocenters. The molecular weight excluding hydrogens is 256 g/mol. The van der Waals surface area contributed by atoms with Crippen molar-refractivity contribution in [1.82, 2.24) is 20.0 Å². The van der Waals surface area contributed by atoms with E-state index in [0.29, 0.717) is 25.6 Å². The second-order valence-electron chi connectivity index (χ2n) is 5.59. The lowest BCUT2D eigenvalue weighted by Crippen LogP contribution is -2.34. The van der Waals surface area contributed by atoms with Crippen LogP contribution < -0.4 is 5.32 Å². The number of nitrogens with zero attached hydrogens (tertiary/aromatic N) is 3. The lowest BCUT2D eigenvalue weighted by Gasteiger charge is -2.15. The second-order valence-corrected chi connectivity index (χ2v) is 5.59. The summed E-state index contributed by atoms with van der Waals surface area (Å²) in [6.45, 7) is 2.03. The van der Waals surface area contributed by atoms with Gasteiger partial charge in [-0.3, -0.25) is 14.3 Å². The first kappa shape index (κ1) is 13.1. The maximum atomic E-state index is 12.0. The minimum atomic E-state index is -0.159. The summed E-state index contributed by atoms with van der Waals surface area (Å²) in [6.07, 6.45) is 7.08. The molecule has 6 nitrogen and oxygen atoms in total. The van der Waals surface area contributed by atoms with E-state index in [1.807, 2.05) is 21.8 Å². The van der Waals surface area contributed by atoms with Gasteiger partial charge in [-0.15, -0.1) is 0 Å². The van der Waals surface area contributed by atoms with E-state index in [1.165, 1.54) is 0 Å². The lowest BCUT2D eigenvalue weighted by molar-refractivity contribution is -0.129. The third-order valence-electron chi connectivity index (χ3n) is 3.94. The summed E-state index contributed by atoms with van der Waals surface area (Å²) in [5, 5.41) is 7.04. The fraction of sp³-hybridized carbons (Fsp3) is 0.643. The van der Waals surface area contributed by atoms with Crippen molar-refractivity contribution in [3.05, 3.63) is 18.5 Å². The Balaban J connectivity index is 1.37. The summed E-state index contributed by atoms with van der Waals surface area (Å²) < 4.78 is 1.85. The van der Waals surface area contributed by atoms with Crippen molar-refractivity contribution in [3.63, 3.8) is 0 Å². The standard InChI is InChI=1S/C14H20N4O2/c19-13-9-11(10-18(13)12-3-4-12)14(20)15-5-1-7-17-8-2-6-16-17/h2,6,8,11-12H,1,3-5,7,9-10H2,(H,15,20)/t11-/m1/s1. The van der Waals surface area contributed by atoms with E-state index in [1.54, 1.807) is 6.20 Å². The number of likely N-dealkylation sites (tertiary alicyclic amines) is 1. The maximum Gasteiger partial charge on any atom is 0.225 e. The van der Waals surface area contributed by atoms with Gasteiger partial charge in [0.1, 0.15) is 0 Å². The molecule has 1 aliphatic heterocycles. The number of hydrogen-bond acceptors (Lipinski definition) is 3. The zero-order valence-electron chi connectivity index (χ0n) is 11.5. The van der Waals surface area contributed by atoms with Crippen LogP contribution in [0.15, 0.2) is 18.5 Å². The van der Waals surface area contributed by atoms with Gasteiger partial charge in [-0.2, -0.15) is 5.10 Å². The van der Waals surface area contributed by atoms with Crippen molar-refractivity contribution in [2.24, 2.45) is 5.92 Å². The largest absolute Gasteiger partial charge is 0.356 e. The highest BCUT2D eigenvalue weighted by molar-refractivity contribution is 5.89. The van der Waals surface area contributed by atoms with Crippen LogP contribution in [0.3, 0.4) is 0 Å². The summed E-state index contributed by atoms with van der Waals surface area (Å²) in [6, 6.07) is 2.30. The monoisotopic (exact) mass is 276 g/mol. The Morgan fingerprint density at radius 2 is 2.30 bits per heavy atom. The Morgan fingerprint density at radius 1 is 1.45 bits per heavy atom. The summed E-state index contributed by atoms with van der Waals surface area (Å²) in [7, 11) is 0. The molecule has 0 aromatic carbocycles. The molecule has 1 aromatic heterocycles. The highest BCUT2D eigenvalue weighted by Gasteiger charge is 2.41. The molecule has 6 heteroatoms. The molecule has 3 rings (SSSR count). The molecule has 20 heavy (non-hydrogen) atoms. The molecule has 2 fully saturated rings. The third kappa shape index (κ3) is 3.00. The zero-order valence-corrected chi connectivity index (χ0v) is 11.5. The number of hydrogen-bond donors (Lipinski definition) is 1. The number of carbonyl (C=O) groups is 2. The van der Waals surface area contributed by atoms with Crippen LogP contribution in [-0.4, -0.2) is 45.6 Å². The summed E-state index contributed by atoms with van der Waals surface area (Å²) in [5.74, 6) is -0.000963. The van der Waals surface area contributed by atoms with Gasteiger partial charge in [0, 0.05) is 44.5 Å². The third-order valence-corrected chi connectivity index (χ3v) is 3.94. The average Bonchev–Trinajstić information content (AvgIpc) is 2.99. The van der Waals surface area contributed by atoms with Crippen LogP contribution in [0.1, 0.15) is 25.7 Å². The topological polar surface area (TPSA) is 67.2 Å². The number of rotatable bonds is 6. The smallest absolute Gasteiger partial charge is 0.225 e. The molecule has 0 spiro atoms. The minimum absolute atomic E-state index is 0.0157. The Bertz CT molecular complexity index is 481. The van der Waals surface area contributed by atoms with Gasteiger partial charge >= 0.3 is 0 Å². The SMILES string of the molecule is O=C(NCCCn1cccn1)[C@@H]1CC(=O)N(C2CC2)C1. The van der Waals surface area contributed by atoms with Crippen LogP contribution in [0.25, 0.3) is 0 Å². The number of aromatic nitrogens is 2. The van der Waals surface area contributed by atoms with Gasteiger partial charge in [0.15, 0.2) is 0 Å². The second kappa shape index (κ2) is 5.64. The van der Waals surface area contributed by atoms with Gasteiger partial charge in [0.25, 0.3) is 0 Å². The van der Waals surface area contributed by atoms with Gasteiger partial charge in [-0.25, -0.2) is 0 Å². The van der Waals surface area contributed by atoms with Crippen LogP contribution >= 0.6 is 0 Å². The van der Waals surface area contributed by atoms with E-state index in [9.17, 15) is 9.59 Å². The first-order valence-electron chi connectivity index (χ1n) is 7.28. The van der Waals surface area contributed by atoms with Gasteiger partial charge < -0.3 is 10.2 Å². The molecule has 1 saturated carbocycles. The molecule has 2 aliphatic rings. The molecule has 2 heterocycles. The van der Waals surface area contributed by atoms with Crippen LogP contribution in [0.5, 0.6) is 0 Å². The molecule has 0 bridgehead atoms. The number of aryl methyl sites for hydroxylation is 1. The minimum Gasteiger partial charge on any atom is -0.356 e. The highest BCUT2D eigenvalue weighted by Crippen LogP contribution is 2.32. The number of carbonyl (C=O) groups excluding carboxylic acids is 2. The maximum absolute atomic E-state index is 12.0. The van der Waals surface area contributed by atoms with E-state index < -0.39 is 0 Å². The Hall–Kier alpha value is -1.85. The van der Waals surface area contributed by atoms with E-state index >= 15 is 0 Å². The molecule has 2 amide bonds. The van der Waals surface area contributed by atoms with Crippen LogP contribution in [0.2, 0.25) is 0 Å². The van der Waals surface area contributed by atoms with E-state index in [2.05, 4.69) is 10.4 Å². The van der Waals surface area contributed by atoms with Gasteiger partial charge in [-0.1, -0.05) is 0 Å². The van der Waals surface area contributed by atoms with Gasteiger partial charge in [-0.05, 0) is 25.3 Å². The first-order chi connectivity index (χ1) is 9.74. The molecule has 1 saturated heterocycles. The van der Waals surface area contributed by atoms with Crippen molar-refractivity contribution in [3.8, 4) is 0 Å². The van der Waals surface area contributed by atoms with E-state index in [0.717, 1.165) is 25.8 Å². The zero-order chi connectivity index (χ0) is 13.9. The van der Waals surface area contributed by atoms with Gasteiger partial charge in [0.05, 0.1) is 5.92 Å².